The summed E-state index contributed by atoms with van der Waals surface area (Å²) in [6, 6.07) is 25.7. The van der Waals surface area contributed by atoms with Gasteiger partial charge in [-0.25, -0.2) is 0 Å². The number of benzene rings is 3. The number of imide groups is 1. The number of carbonyl (C=O) groups excluding carboxylic acids is 2. The minimum Gasteiger partial charge on any atom is -0.493 e. The van der Waals surface area contributed by atoms with Crippen molar-refractivity contribution in [3.8, 4) is 11.5 Å². The van der Waals surface area contributed by atoms with Crippen LogP contribution in [0, 0.1) is 11.8 Å². The average molecular weight is 468 g/mol. The SMILES string of the molecule is COc1ccc(CCN2C(=O)[C@H]3[C@H](C2=O)[C@H](c2ccccc2)C=C[C@@H]3c2ccccc2)cc1OC. The summed E-state index contributed by atoms with van der Waals surface area (Å²) in [5.41, 5.74) is 3.11. The Morgan fingerprint density at radius 2 is 1.20 bits per heavy atom. The van der Waals surface area contributed by atoms with E-state index in [1.807, 2.05) is 78.9 Å². The molecule has 1 saturated heterocycles. The van der Waals surface area contributed by atoms with Crippen LogP contribution in [0.2, 0.25) is 0 Å². The van der Waals surface area contributed by atoms with E-state index >= 15 is 0 Å². The van der Waals surface area contributed by atoms with E-state index < -0.39 is 11.8 Å². The zero-order chi connectivity index (χ0) is 24.4. The van der Waals surface area contributed by atoms with Crippen LogP contribution in [0.25, 0.3) is 0 Å². The minimum atomic E-state index is -0.412. The molecule has 0 N–H and O–H groups in total. The second-order valence-electron chi connectivity index (χ2n) is 9.08. The van der Waals surface area contributed by atoms with Gasteiger partial charge in [-0.1, -0.05) is 78.9 Å². The highest BCUT2D eigenvalue weighted by molar-refractivity contribution is 6.06. The molecule has 0 saturated carbocycles. The Morgan fingerprint density at radius 3 is 1.69 bits per heavy atom. The lowest BCUT2D eigenvalue weighted by atomic mass is 9.68. The van der Waals surface area contributed by atoms with Crippen LogP contribution in [0.4, 0.5) is 0 Å². The van der Waals surface area contributed by atoms with Gasteiger partial charge >= 0.3 is 0 Å². The quantitative estimate of drug-likeness (QED) is 0.363. The maximum Gasteiger partial charge on any atom is 0.234 e. The van der Waals surface area contributed by atoms with Crippen LogP contribution in [0.15, 0.2) is 91.0 Å². The lowest BCUT2D eigenvalue weighted by molar-refractivity contribution is -0.139. The third-order valence-electron chi connectivity index (χ3n) is 7.23. The van der Waals surface area contributed by atoms with Crippen molar-refractivity contribution in [3.63, 3.8) is 0 Å². The first-order valence-electron chi connectivity index (χ1n) is 12.0. The van der Waals surface area contributed by atoms with E-state index in [0.717, 1.165) is 16.7 Å². The standard InChI is InChI=1S/C30H29NO4/c1-34-25-16-13-20(19-26(25)35-2)17-18-31-29(32)27-23(21-9-5-3-6-10-21)14-15-24(28(27)30(31)33)22-11-7-4-8-12-22/h3-16,19,23-24,27-28H,17-18H2,1-2H3/t23-,24+,27-,28-/m1/s1. The maximum atomic E-state index is 13.8. The topological polar surface area (TPSA) is 55.8 Å². The van der Waals surface area contributed by atoms with Crippen molar-refractivity contribution < 1.29 is 19.1 Å². The molecular formula is C30H29NO4. The molecule has 178 valence electrons. The van der Waals surface area contributed by atoms with Crippen molar-refractivity contribution in [2.75, 3.05) is 20.8 Å². The summed E-state index contributed by atoms with van der Waals surface area (Å²) in [7, 11) is 3.20. The molecule has 0 aromatic heterocycles. The predicted octanol–water partition coefficient (Wildman–Crippen LogP) is 4.98. The van der Waals surface area contributed by atoms with E-state index in [9.17, 15) is 9.59 Å². The number of allylic oxidation sites excluding steroid dienone is 2. The van der Waals surface area contributed by atoms with Crippen LogP contribution < -0.4 is 9.47 Å². The van der Waals surface area contributed by atoms with E-state index in [4.69, 9.17) is 9.47 Å². The fourth-order valence-electron chi connectivity index (χ4n) is 5.49. The van der Waals surface area contributed by atoms with Gasteiger partial charge in [0.25, 0.3) is 0 Å². The maximum absolute atomic E-state index is 13.8. The van der Waals surface area contributed by atoms with E-state index in [1.54, 1.807) is 14.2 Å². The van der Waals surface area contributed by atoms with Crippen molar-refractivity contribution in [1.82, 2.24) is 4.90 Å². The molecule has 5 nitrogen and oxygen atoms in total. The average Bonchev–Trinajstić information content (AvgIpc) is 3.17. The second-order valence-corrected chi connectivity index (χ2v) is 9.08. The van der Waals surface area contributed by atoms with Gasteiger partial charge in [-0.3, -0.25) is 14.5 Å². The summed E-state index contributed by atoms with van der Waals surface area (Å²) in [6.45, 7) is 0.336. The molecule has 0 bridgehead atoms. The molecule has 3 aromatic rings. The van der Waals surface area contributed by atoms with Crippen molar-refractivity contribution in [1.29, 1.82) is 0 Å². The monoisotopic (exact) mass is 467 g/mol. The van der Waals surface area contributed by atoms with Crippen LogP contribution in [0.1, 0.15) is 28.5 Å². The number of methoxy groups -OCH3 is 2. The van der Waals surface area contributed by atoms with E-state index in [2.05, 4.69) is 12.2 Å². The van der Waals surface area contributed by atoms with Crippen LogP contribution in [0.5, 0.6) is 11.5 Å². The summed E-state index contributed by atoms with van der Waals surface area (Å²) in [6.07, 6.45) is 4.80. The normalized spacial score (nSPS) is 23.3. The zero-order valence-electron chi connectivity index (χ0n) is 20.0. The van der Waals surface area contributed by atoms with Crippen molar-refractivity contribution in [3.05, 3.63) is 108 Å². The number of ether oxygens (including phenoxy) is 2. The molecule has 5 rings (SSSR count). The molecule has 4 atom stereocenters. The van der Waals surface area contributed by atoms with Gasteiger partial charge in [0, 0.05) is 18.4 Å². The minimum absolute atomic E-state index is 0.0837. The van der Waals surface area contributed by atoms with Crippen LogP contribution in [-0.2, 0) is 16.0 Å². The Bertz CT molecular complexity index is 1170. The number of rotatable bonds is 7. The van der Waals surface area contributed by atoms with Gasteiger partial charge in [0.1, 0.15) is 0 Å². The molecule has 2 amide bonds. The van der Waals surface area contributed by atoms with Gasteiger partial charge < -0.3 is 9.47 Å². The smallest absolute Gasteiger partial charge is 0.234 e. The lowest BCUT2D eigenvalue weighted by Gasteiger charge is -2.32. The molecule has 1 fully saturated rings. The van der Waals surface area contributed by atoms with Crippen LogP contribution >= 0.6 is 0 Å². The summed E-state index contributed by atoms with van der Waals surface area (Å²) < 4.78 is 10.7. The molecule has 0 radical (unpaired) electrons. The van der Waals surface area contributed by atoms with Gasteiger partial charge in [-0.2, -0.15) is 0 Å². The highest BCUT2D eigenvalue weighted by Gasteiger charge is 2.54. The molecular weight excluding hydrogens is 438 g/mol. The molecule has 1 aliphatic heterocycles. The van der Waals surface area contributed by atoms with Crippen molar-refractivity contribution in [2.24, 2.45) is 11.8 Å². The van der Waals surface area contributed by atoms with Crippen molar-refractivity contribution >= 4 is 11.8 Å². The molecule has 0 spiro atoms. The molecule has 5 heteroatoms. The second kappa shape index (κ2) is 9.79. The van der Waals surface area contributed by atoms with Gasteiger partial charge in [0.05, 0.1) is 26.1 Å². The number of nitrogens with zero attached hydrogens (tertiary/aromatic N) is 1. The van der Waals surface area contributed by atoms with E-state index in [-0.39, 0.29) is 23.7 Å². The Balaban J connectivity index is 1.45. The number of carbonyl (C=O) groups is 2. The van der Waals surface area contributed by atoms with Crippen LogP contribution in [-0.4, -0.2) is 37.5 Å². The first kappa shape index (κ1) is 22.9. The van der Waals surface area contributed by atoms with Gasteiger partial charge in [-0.05, 0) is 35.2 Å². The van der Waals surface area contributed by atoms with Gasteiger partial charge in [-0.15, -0.1) is 0 Å². The van der Waals surface area contributed by atoms with E-state index in [1.165, 1.54) is 4.90 Å². The van der Waals surface area contributed by atoms with Crippen molar-refractivity contribution in [2.45, 2.75) is 18.3 Å². The molecule has 0 unspecified atom stereocenters. The number of hydrogen-bond acceptors (Lipinski definition) is 4. The zero-order valence-corrected chi connectivity index (χ0v) is 20.0. The number of hydrogen-bond donors (Lipinski definition) is 0. The highest BCUT2D eigenvalue weighted by Crippen LogP contribution is 2.49. The van der Waals surface area contributed by atoms with E-state index in [0.29, 0.717) is 24.5 Å². The van der Waals surface area contributed by atoms with Gasteiger partial charge in [0.15, 0.2) is 11.5 Å². The number of fused-ring (bicyclic) bond motifs is 1. The highest BCUT2D eigenvalue weighted by atomic mass is 16.5. The Kier molecular flexibility index (Phi) is 6.41. The lowest BCUT2D eigenvalue weighted by Crippen LogP contribution is -2.33. The molecule has 3 aromatic carbocycles. The summed E-state index contributed by atoms with van der Waals surface area (Å²) >= 11 is 0. The first-order valence-corrected chi connectivity index (χ1v) is 12.0. The summed E-state index contributed by atoms with van der Waals surface area (Å²) in [5.74, 6) is 0.0518. The largest absolute Gasteiger partial charge is 0.493 e. The molecule has 1 aliphatic carbocycles. The van der Waals surface area contributed by atoms with Gasteiger partial charge in [0.2, 0.25) is 11.8 Å². The fraction of sp³-hybridized carbons (Fsp3) is 0.267. The third-order valence-corrected chi connectivity index (χ3v) is 7.23. The molecule has 1 heterocycles. The Labute approximate surface area is 206 Å². The van der Waals surface area contributed by atoms with Crippen LogP contribution in [0.3, 0.4) is 0 Å². The molecule has 35 heavy (non-hydrogen) atoms. The molecule has 2 aliphatic rings. The number of amides is 2. The summed E-state index contributed by atoms with van der Waals surface area (Å²) in [5, 5.41) is 0. The first-order chi connectivity index (χ1) is 17.1. The Morgan fingerprint density at radius 1 is 0.686 bits per heavy atom. The Hall–Kier alpha value is -3.86. The summed E-state index contributed by atoms with van der Waals surface area (Å²) in [4.78, 5) is 29.0. The fourth-order valence-corrected chi connectivity index (χ4v) is 5.49. The third kappa shape index (κ3) is 4.23. The predicted molar refractivity (Wildman–Crippen MR) is 134 cm³/mol. The number of likely N-dealkylation sites (tertiary alicyclic amines) is 1.